The van der Waals surface area contributed by atoms with Gasteiger partial charge in [-0.25, -0.2) is 13.1 Å². The average molecular weight is 325 g/mol. The van der Waals surface area contributed by atoms with Crippen molar-refractivity contribution < 1.29 is 18.3 Å². The van der Waals surface area contributed by atoms with E-state index < -0.39 is 16.0 Å². The summed E-state index contributed by atoms with van der Waals surface area (Å²) in [5.74, 6) is -0.370. The van der Waals surface area contributed by atoms with Crippen LogP contribution in [0.3, 0.4) is 0 Å². The van der Waals surface area contributed by atoms with Crippen LogP contribution < -0.4 is 4.72 Å². The van der Waals surface area contributed by atoms with Gasteiger partial charge in [0.2, 0.25) is 10.0 Å². The maximum atomic E-state index is 12.1. The number of hydrogen-bond acceptors (Lipinski definition) is 3. The summed E-state index contributed by atoms with van der Waals surface area (Å²) in [6, 6.07) is 7.09. The first-order valence-electron chi connectivity index (χ1n) is 7.80. The summed E-state index contributed by atoms with van der Waals surface area (Å²) in [4.78, 5) is 10.6. The molecule has 122 valence electrons. The van der Waals surface area contributed by atoms with Gasteiger partial charge in [-0.2, -0.15) is 0 Å². The Labute approximate surface area is 131 Å². The van der Waals surface area contributed by atoms with Crippen molar-refractivity contribution in [3.63, 3.8) is 0 Å². The van der Waals surface area contributed by atoms with E-state index in [9.17, 15) is 13.2 Å². The lowest BCUT2D eigenvalue weighted by atomic mass is 9.84. The van der Waals surface area contributed by atoms with Crippen molar-refractivity contribution in [1.29, 1.82) is 0 Å². The number of rotatable bonds is 7. The van der Waals surface area contributed by atoms with E-state index >= 15 is 0 Å². The van der Waals surface area contributed by atoms with E-state index in [2.05, 4.69) is 4.72 Å². The van der Waals surface area contributed by atoms with E-state index in [-0.39, 0.29) is 24.3 Å². The van der Waals surface area contributed by atoms with Crippen molar-refractivity contribution in [3.05, 3.63) is 29.8 Å². The first kappa shape index (κ1) is 17.0. The van der Waals surface area contributed by atoms with Crippen LogP contribution in [0.25, 0.3) is 0 Å². The Morgan fingerprint density at radius 1 is 1.14 bits per heavy atom. The summed E-state index contributed by atoms with van der Waals surface area (Å²) in [5.41, 5.74) is 1.21. The van der Waals surface area contributed by atoms with E-state index in [1.165, 1.54) is 37.7 Å². The largest absolute Gasteiger partial charge is 0.481 e. The third-order valence-electron chi connectivity index (χ3n) is 4.13. The van der Waals surface area contributed by atoms with Gasteiger partial charge < -0.3 is 5.11 Å². The van der Waals surface area contributed by atoms with Crippen LogP contribution in [-0.2, 0) is 14.8 Å². The molecule has 0 aliphatic heterocycles. The molecule has 22 heavy (non-hydrogen) atoms. The van der Waals surface area contributed by atoms with Crippen LogP contribution in [0.4, 0.5) is 0 Å². The van der Waals surface area contributed by atoms with Gasteiger partial charge in [-0.1, -0.05) is 31.4 Å². The molecule has 0 unspecified atom stereocenters. The van der Waals surface area contributed by atoms with Gasteiger partial charge in [0.05, 0.1) is 4.90 Å². The summed E-state index contributed by atoms with van der Waals surface area (Å²) in [7, 11) is -3.55. The fourth-order valence-corrected chi connectivity index (χ4v) is 3.96. The second-order valence-electron chi connectivity index (χ2n) is 5.80. The van der Waals surface area contributed by atoms with Gasteiger partial charge in [-0.3, -0.25) is 4.79 Å². The molecule has 2 N–H and O–H groups in total. The molecule has 6 heteroatoms. The standard InChI is InChI=1S/C16H23NO4S/c18-16(19)7-4-12-17-22(20,21)15-10-8-14(9-11-15)13-5-2-1-3-6-13/h8-11,13,17H,1-7,12H2,(H,18,19). The molecule has 0 spiro atoms. The van der Waals surface area contributed by atoms with Crippen molar-refractivity contribution in [2.24, 2.45) is 0 Å². The maximum absolute atomic E-state index is 12.1. The molecule has 0 amide bonds. The second-order valence-corrected chi connectivity index (χ2v) is 7.57. The molecule has 5 nitrogen and oxygen atoms in total. The van der Waals surface area contributed by atoms with Crippen LogP contribution in [0.1, 0.15) is 56.4 Å². The number of carboxylic acid groups (broad SMARTS) is 1. The van der Waals surface area contributed by atoms with Crippen LogP contribution in [0, 0.1) is 0 Å². The van der Waals surface area contributed by atoms with Gasteiger partial charge >= 0.3 is 5.97 Å². The summed E-state index contributed by atoms with van der Waals surface area (Å²) < 4.78 is 26.7. The average Bonchev–Trinajstić information content (AvgIpc) is 2.52. The van der Waals surface area contributed by atoms with Gasteiger partial charge in [-0.15, -0.1) is 0 Å². The Balaban J connectivity index is 1.94. The predicted octanol–water partition coefficient (Wildman–Crippen LogP) is 2.88. The monoisotopic (exact) mass is 325 g/mol. The lowest BCUT2D eigenvalue weighted by molar-refractivity contribution is -0.137. The zero-order valence-electron chi connectivity index (χ0n) is 12.6. The number of carbonyl (C=O) groups is 1. The highest BCUT2D eigenvalue weighted by atomic mass is 32.2. The third kappa shape index (κ3) is 4.81. The molecule has 1 saturated carbocycles. The Morgan fingerprint density at radius 2 is 1.77 bits per heavy atom. The summed E-state index contributed by atoms with van der Waals surface area (Å²) >= 11 is 0. The minimum atomic E-state index is -3.55. The normalized spacial score (nSPS) is 16.5. The van der Waals surface area contributed by atoms with Crippen LogP contribution in [0.15, 0.2) is 29.2 Å². The van der Waals surface area contributed by atoms with Crippen molar-refractivity contribution in [2.75, 3.05) is 6.54 Å². The van der Waals surface area contributed by atoms with E-state index in [0.29, 0.717) is 5.92 Å². The fraction of sp³-hybridized carbons (Fsp3) is 0.562. The minimum Gasteiger partial charge on any atom is -0.481 e. The predicted molar refractivity (Wildman–Crippen MR) is 84.3 cm³/mol. The summed E-state index contributed by atoms with van der Waals surface area (Å²) in [6.07, 6.45) is 6.39. The molecule has 0 aromatic heterocycles. The molecule has 1 aromatic rings. The fourth-order valence-electron chi connectivity index (χ4n) is 2.88. The SMILES string of the molecule is O=C(O)CCCNS(=O)(=O)c1ccc(C2CCCCC2)cc1. The highest BCUT2D eigenvalue weighted by Crippen LogP contribution is 2.32. The van der Waals surface area contributed by atoms with E-state index in [0.717, 1.165) is 0 Å². The van der Waals surface area contributed by atoms with E-state index in [1.807, 2.05) is 12.1 Å². The number of hydrogen-bond donors (Lipinski definition) is 2. The third-order valence-corrected chi connectivity index (χ3v) is 5.60. The molecule has 2 rings (SSSR count). The van der Waals surface area contributed by atoms with Gasteiger partial charge in [0.25, 0.3) is 0 Å². The van der Waals surface area contributed by atoms with Crippen molar-refractivity contribution >= 4 is 16.0 Å². The number of carboxylic acids is 1. The summed E-state index contributed by atoms with van der Waals surface area (Å²) in [5, 5.41) is 8.54. The zero-order valence-corrected chi connectivity index (χ0v) is 13.4. The first-order valence-corrected chi connectivity index (χ1v) is 9.29. The molecular weight excluding hydrogens is 302 g/mol. The molecule has 1 fully saturated rings. The lowest BCUT2D eigenvalue weighted by Crippen LogP contribution is -2.25. The molecule has 0 radical (unpaired) electrons. The highest BCUT2D eigenvalue weighted by molar-refractivity contribution is 7.89. The van der Waals surface area contributed by atoms with Crippen molar-refractivity contribution in [1.82, 2.24) is 4.72 Å². The quantitative estimate of drug-likeness (QED) is 0.755. The number of aliphatic carboxylic acids is 1. The molecule has 0 heterocycles. The van der Waals surface area contributed by atoms with Gasteiger partial charge in [0.1, 0.15) is 0 Å². The Bertz CT molecular complexity index is 589. The van der Waals surface area contributed by atoms with E-state index in [4.69, 9.17) is 5.11 Å². The zero-order chi connectivity index (χ0) is 16.0. The van der Waals surface area contributed by atoms with Crippen molar-refractivity contribution in [2.45, 2.75) is 55.8 Å². The molecule has 0 bridgehead atoms. The summed E-state index contributed by atoms with van der Waals surface area (Å²) in [6.45, 7) is 0.138. The Morgan fingerprint density at radius 3 is 2.36 bits per heavy atom. The molecular formula is C16H23NO4S. The topological polar surface area (TPSA) is 83.5 Å². The van der Waals surface area contributed by atoms with Crippen LogP contribution in [0.5, 0.6) is 0 Å². The molecule has 0 atom stereocenters. The first-order chi connectivity index (χ1) is 10.5. The van der Waals surface area contributed by atoms with Gasteiger partial charge in [0, 0.05) is 13.0 Å². The van der Waals surface area contributed by atoms with Crippen LogP contribution >= 0.6 is 0 Å². The number of sulfonamides is 1. The molecule has 1 aliphatic rings. The smallest absolute Gasteiger partial charge is 0.303 e. The molecule has 0 saturated heterocycles. The highest BCUT2D eigenvalue weighted by Gasteiger charge is 2.17. The van der Waals surface area contributed by atoms with Gasteiger partial charge in [-0.05, 0) is 42.9 Å². The Kier molecular flexibility index (Phi) is 5.97. The van der Waals surface area contributed by atoms with E-state index in [1.54, 1.807) is 12.1 Å². The van der Waals surface area contributed by atoms with Crippen molar-refractivity contribution in [3.8, 4) is 0 Å². The Hall–Kier alpha value is -1.40. The lowest BCUT2D eigenvalue weighted by Gasteiger charge is -2.22. The minimum absolute atomic E-state index is 0.0386. The molecule has 1 aliphatic carbocycles. The number of nitrogens with one attached hydrogen (secondary N) is 1. The number of benzene rings is 1. The molecule has 1 aromatic carbocycles. The second kappa shape index (κ2) is 7.74. The van der Waals surface area contributed by atoms with Crippen LogP contribution in [-0.4, -0.2) is 26.0 Å². The maximum Gasteiger partial charge on any atom is 0.303 e. The van der Waals surface area contributed by atoms with Gasteiger partial charge in [0.15, 0.2) is 0 Å². The van der Waals surface area contributed by atoms with Crippen LogP contribution in [0.2, 0.25) is 0 Å².